The fourth-order valence-corrected chi connectivity index (χ4v) is 3.19. The molecule has 1 aromatic carbocycles. The number of hydrogen-bond acceptors (Lipinski definition) is 3. The van der Waals surface area contributed by atoms with Gasteiger partial charge < -0.3 is 5.73 Å². The molecule has 20 heavy (non-hydrogen) atoms. The Hall–Kier alpha value is -1.45. The fourth-order valence-electron chi connectivity index (χ4n) is 3.19. The molecule has 0 amide bonds. The van der Waals surface area contributed by atoms with Gasteiger partial charge in [0.25, 0.3) is 0 Å². The Morgan fingerprint density at radius 1 is 1.25 bits per heavy atom. The quantitative estimate of drug-likeness (QED) is 0.931. The molecule has 2 unspecified atom stereocenters. The third kappa shape index (κ3) is 2.69. The van der Waals surface area contributed by atoms with E-state index in [1.807, 2.05) is 12.3 Å². The summed E-state index contributed by atoms with van der Waals surface area (Å²) in [5.41, 5.74) is 8.32. The number of fused-ring (bicyclic) bond motifs is 1. The number of hydrogen-bond donors (Lipinski definition) is 1. The lowest BCUT2D eigenvalue weighted by Gasteiger charge is -2.37. The predicted octanol–water partition coefficient (Wildman–Crippen LogP) is 2.79. The van der Waals surface area contributed by atoms with Crippen LogP contribution in [0.5, 0.6) is 0 Å². The van der Waals surface area contributed by atoms with E-state index < -0.39 is 0 Å². The highest BCUT2D eigenvalue weighted by Crippen LogP contribution is 2.25. The van der Waals surface area contributed by atoms with Crippen molar-refractivity contribution in [1.29, 1.82) is 0 Å². The lowest BCUT2D eigenvalue weighted by atomic mass is 9.93. The first-order chi connectivity index (χ1) is 9.78. The molecule has 3 nitrogen and oxygen atoms in total. The van der Waals surface area contributed by atoms with Crippen LogP contribution in [0.25, 0.3) is 10.9 Å². The zero-order valence-corrected chi connectivity index (χ0v) is 12.1. The van der Waals surface area contributed by atoms with E-state index in [9.17, 15) is 0 Å². The molecule has 106 valence electrons. The smallest absolute Gasteiger partial charge is 0.0746 e. The van der Waals surface area contributed by atoms with Crippen molar-refractivity contribution in [2.45, 2.75) is 32.4 Å². The number of aromatic nitrogens is 1. The van der Waals surface area contributed by atoms with Crippen LogP contribution in [-0.2, 0) is 6.54 Å². The van der Waals surface area contributed by atoms with Gasteiger partial charge in [-0.1, -0.05) is 24.3 Å². The Balaban J connectivity index is 1.85. The monoisotopic (exact) mass is 269 g/mol. The highest BCUT2D eigenvalue weighted by atomic mass is 15.2. The third-order valence-corrected chi connectivity index (χ3v) is 4.53. The van der Waals surface area contributed by atoms with Crippen LogP contribution < -0.4 is 5.73 Å². The number of nitrogens with zero attached hydrogens (tertiary/aromatic N) is 2. The second kappa shape index (κ2) is 5.90. The number of para-hydroxylation sites is 1. The first-order valence-corrected chi connectivity index (χ1v) is 7.54. The minimum absolute atomic E-state index is 0.636. The van der Waals surface area contributed by atoms with E-state index in [1.165, 1.54) is 23.8 Å². The predicted molar refractivity (Wildman–Crippen MR) is 83.4 cm³/mol. The molecule has 0 saturated carbocycles. The summed E-state index contributed by atoms with van der Waals surface area (Å²) in [5, 5.41) is 1.23. The van der Waals surface area contributed by atoms with Crippen molar-refractivity contribution in [2.75, 3.05) is 13.1 Å². The molecule has 1 aromatic heterocycles. The molecule has 3 rings (SSSR count). The van der Waals surface area contributed by atoms with Crippen molar-refractivity contribution in [2.24, 2.45) is 11.7 Å². The van der Waals surface area contributed by atoms with Crippen LogP contribution in [0.1, 0.15) is 25.3 Å². The van der Waals surface area contributed by atoms with Crippen LogP contribution in [0.3, 0.4) is 0 Å². The van der Waals surface area contributed by atoms with Crippen LogP contribution in [0.2, 0.25) is 0 Å². The van der Waals surface area contributed by atoms with Crippen LogP contribution in [0.4, 0.5) is 0 Å². The van der Waals surface area contributed by atoms with Gasteiger partial charge >= 0.3 is 0 Å². The molecule has 1 saturated heterocycles. The average molecular weight is 269 g/mol. The van der Waals surface area contributed by atoms with Crippen molar-refractivity contribution in [3.8, 4) is 0 Å². The second-order valence-electron chi connectivity index (χ2n) is 5.95. The van der Waals surface area contributed by atoms with Gasteiger partial charge in [-0.2, -0.15) is 0 Å². The van der Waals surface area contributed by atoms with Gasteiger partial charge in [0.2, 0.25) is 0 Å². The Morgan fingerprint density at radius 2 is 2.10 bits per heavy atom. The van der Waals surface area contributed by atoms with E-state index in [0.29, 0.717) is 12.0 Å². The summed E-state index contributed by atoms with van der Waals surface area (Å²) in [4.78, 5) is 7.12. The maximum absolute atomic E-state index is 5.86. The fraction of sp³-hybridized carbons (Fsp3) is 0.471. The zero-order chi connectivity index (χ0) is 13.9. The molecular weight excluding hydrogens is 246 g/mol. The normalized spacial score (nSPS) is 24.1. The molecule has 0 aliphatic carbocycles. The lowest BCUT2D eigenvalue weighted by Crippen LogP contribution is -2.43. The zero-order valence-electron chi connectivity index (χ0n) is 12.1. The molecular formula is C17H23N3. The van der Waals surface area contributed by atoms with Gasteiger partial charge in [-0.25, -0.2) is 0 Å². The van der Waals surface area contributed by atoms with Crippen LogP contribution in [0, 0.1) is 5.92 Å². The molecule has 1 fully saturated rings. The number of rotatable bonds is 3. The molecule has 2 N–H and O–H groups in total. The molecule has 0 radical (unpaired) electrons. The van der Waals surface area contributed by atoms with Gasteiger partial charge in [-0.15, -0.1) is 0 Å². The number of pyridine rings is 1. The minimum Gasteiger partial charge on any atom is -0.330 e. The number of benzene rings is 1. The van der Waals surface area contributed by atoms with Gasteiger partial charge in [0.1, 0.15) is 0 Å². The highest BCUT2D eigenvalue weighted by Gasteiger charge is 2.24. The molecule has 1 aliphatic heterocycles. The number of likely N-dealkylation sites (tertiary alicyclic amines) is 1. The Bertz CT molecular complexity index is 576. The summed E-state index contributed by atoms with van der Waals surface area (Å²) in [7, 11) is 0. The summed E-state index contributed by atoms with van der Waals surface area (Å²) in [6.07, 6.45) is 4.40. The third-order valence-electron chi connectivity index (χ3n) is 4.53. The number of nitrogens with two attached hydrogens (primary N) is 1. The molecule has 1 aliphatic rings. The summed E-state index contributed by atoms with van der Waals surface area (Å²) >= 11 is 0. The molecule has 0 bridgehead atoms. The van der Waals surface area contributed by atoms with E-state index >= 15 is 0 Å². The van der Waals surface area contributed by atoms with E-state index in [0.717, 1.165) is 25.2 Å². The maximum atomic E-state index is 5.86. The van der Waals surface area contributed by atoms with E-state index in [-0.39, 0.29) is 0 Å². The summed E-state index contributed by atoms with van der Waals surface area (Å²) < 4.78 is 0. The lowest BCUT2D eigenvalue weighted by molar-refractivity contribution is 0.114. The molecule has 3 heteroatoms. The average Bonchev–Trinajstić information content (AvgIpc) is 2.50. The topological polar surface area (TPSA) is 42.1 Å². The SMILES string of the molecule is CC1CCC(CN)CN1Cc1cccc2cccnc12. The Morgan fingerprint density at radius 3 is 2.95 bits per heavy atom. The second-order valence-corrected chi connectivity index (χ2v) is 5.95. The van der Waals surface area contributed by atoms with Gasteiger partial charge in [-0.3, -0.25) is 9.88 Å². The molecule has 2 aromatic rings. The van der Waals surface area contributed by atoms with Crippen molar-refractivity contribution in [1.82, 2.24) is 9.88 Å². The summed E-state index contributed by atoms with van der Waals surface area (Å²) in [6.45, 7) is 5.22. The van der Waals surface area contributed by atoms with Crippen LogP contribution >= 0.6 is 0 Å². The van der Waals surface area contributed by atoms with Crippen molar-refractivity contribution in [3.05, 3.63) is 42.1 Å². The standard InChI is InChI=1S/C17H23N3/c1-13-7-8-14(10-18)11-20(13)12-16-5-2-4-15-6-3-9-19-17(15)16/h2-6,9,13-14H,7-8,10-12,18H2,1H3. The van der Waals surface area contributed by atoms with E-state index in [4.69, 9.17) is 5.73 Å². The van der Waals surface area contributed by atoms with E-state index in [1.54, 1.807) is 0 Å². The molecule has 0 spiro atoms. The van der Waals surface area contributed by atoms with Crippen LogP contribution in [-0.4, -0.2) is 29.0 Å². The Kier molecular flexibility index (Phi) is 3.99. The minimum atomic E-state index is 0.636. The summed E-state index contributed by atoms with van der Waals surface area (Å²) in [6, 6.07) is 11.2. The van der Waals surface area contributed by atoms with Crippen molar-refractivity contribution in [3.63, 3.8) is 0 Å². The molecule has 2 heterocycles. The molecule has 2 atom stereocenters. The number of piperidine rings is 1. The van der Waals surface area contributed by atoms with Crippen molar-refractivity contribution < 1.29 is 0 Å². The van der Waals surface area contributed by atoms with Crippen molar-refractivity contribution >= 4 is 10.9 Å². The first-order valence-electron chi connectivity index (χ1n) is 7.54. The van der Waals surface area contributed by atoms with Crippen LogP contribution in [0.15, 0.2) is 36.5 Å². The van der Waals surface area contributed by atoms with Gasteiger partial charge in [-0.05, 0) is 43.9 Å². The highest BCUT2D eigenvalue weighted by molar-refractivity contribution is 5.81. The maximum Gasteiger partial charge on any atom is 0.0746 e. The van der Waals surface area contributed by atoms with Gasteiger partial charge in [0.15, 0.2) is 0 Å². The summed E-state index contributed by atoms with van der Waals surface area (Å²) in [5.74, 6) is 0.647. The van der Waals surface area contributed by atoms with E-state index in [2.05, 4.69) is 41.1 Å². The Labute approximate surface area is 120 Å². The largest absolute Gasteiger partial charge is 0.330 e. The van der Waals surface area contributed by atoms with Gasteiger partial charge in [0.05, 0.1) is 5.52 Å². The first kappa shape index (κ1) is 13.5. The van der Waals surface area contributed by atoms with Gasteiger partial charge in [0, 0.05) is 30.7 Å².